The summed E-state index contributed by atoms with van der Waals surface area (Å²) in [6.07, 6.45) is 0. The van der Waals surface area contributed by atoms with E-state index in [9.17, 15) is 14.0 Å². The molecule has 0 aromatic heterocycles. The maximum absolute atomic E-state index is 13.9. The lowest BCUT2D eigenvalue weighted by Gasteiger charge is -2.34. The van der Waals surface area contributed by atoms with E-state index in [4.69, 9.17) is 16.9 Å². The molecule has 0 spiro atoms. The SMILES string of the molecule is N#Cc1ccccc1N1CCN(Cc2c(F)cccc2Cl)C(=O)C1=O. The van der Waals surface area contributed by atoms with E-state index in [1.807, 2.05) is 6.07 Å². The number of para-hydroxylation sites is 1. The third-order valence-electron chi connectivity index (χ3n) is 4.03. The van der Waals surface area contributed by atoms with Crippen molar-refractivity contribution in [2.45, 2.75) is 6.54 Å². The summed E-state index contributed by atoms with van der Waals surface area (Å²) in [4.78, 5) is 27.4. The zero-order chi connectivity index (χ0) is 18.0. The number of hydrogen-bond donors (Lipinski definition) is 0. The average molecular weight is 358 g/mol. The van der Waals surface area contributed by atoms with Gasteiger partial charge in [0.15, 0.2) is 0 Å². The minimum absolute atomic E-state index is 0.0795. The molecule has 5 nitrogen and oxygen atoms in total. The van der Waals surface area contributed by atoms with Gasteiger partial charge in [-0.05, 0) is 24.3 Å². The lowest BCUT2D eigenvalue weighted by Crippen LogP contribution is -2.54. The van der Waals surface area contributed by atoms with Crippen LogP contribution in [0.4, 0.5) is 10.1 Å². The number of rotatable bonds is 3. The van der Waals surface area contributed by atoms with Crippen LogP contribution in [0.5, 0.6) is 0 Å². The highest BCUT2D eigenvalue weighted by atomic mass is 35.5. The molecule has 126 valence electrons. The monoisotopic (exact) mass is 357 g/mol. The molecular formula is C18H13ClFN3O2. The van der Waals surface area contributed by atoms with Gasteiger partial charge >= 0.3 is 11.8 Å². The largest absolute Gasteiger partial charge is 0.328 e. The molecule has 1 aliphatic rings. The van der Waals surface area contributed by atoms with Crippen molar-refractivity contribution in [3.8, 4) is 6.07 Å². The predicted octanol–water partition coefficient (Wildman–Crippen LogP) is 2.73. The molecule has 2 aromatic rings. The van der Waals surface area contributed by atoms with Crippen LogP contribution in [-0.4, -0.2) is 29.8 Å². The second-order valence-electron chi connectivity index (χ2n) is 5.51. The van der Waals surface area contributed by atoms with Gasteiger partial charge in [-0.15, -0.1) is 0 Å². The first-order valence-corrected chi connectivity index (χ1v) is 7.93. The van der Waals surface area contributed by atoms with Crippen LogP contribution in [0.2, 0.25) is 5.02 Å². The van der Waals surface area contributed by atoms with Crippen molar-refractivity contribution in [1.82, 2.24) is 4.90 Å². The number of amides is 2. The Kier molecular flexibility index (Phi) is 4.68. The highest BCUT2D eigenvalue weighted by Gasteiger charge is 2.34. The summed E-state index contributed by atoms with van der Waals surface area (Å²) in [5, 5.41) is 9.38. The molecule has 1 aliphatic heterocycles. The van der Waals surface area contributed by atoms with Crippen LogP contribution in [0.15, 0.2) is 42.5 Å². The first-order chi connectivity index (χ1) is 12.0. The van der Waals surface area contributed by atoms with E-state index in [0.29, 0.717) is 11.3 Å². The number of benzene rings is 2. The summed E-state index contributed by atoms with van der Waals surface area (Å²) in [7, 11) is 0. The number of nitrogens with zero attached hydrogens (tertiary/aromatic N) is 3. The molecule has 0 N–H and O–H groups in total. The first kappa shape index (κ1) is 16.9. The number of piperazine rings is 1. The van der Waals surface area contributed by atoms with E-state index in [1.54, 1.807) is 24.3 Å². The summed E-state index contributed by atoms with van der Waals surface area (Å²) in [5.74, 6) is -2.02. The number of nitriles is 1. The van der Waals surface area contributed by atoms with Crippen molar-refractivity contribution in [2.75, 3.05) is 18.0 Å². The molecular weight excluding hydrogens is 345 g/mol. The van der Waals surface area contributed by atoms with Gasteiger partial charge < -0.3 is 9.80 Å². The molecule has 2 aromatic carbocycles. The lowest BCUT2D eigenvalue weighted by atomic mass is 10.1. The lowest BCUT2D eigenvalue weighted by molar-refractivity contribution is -0.146. The van der Waals surface area contributed by atoms with Crippen molar-refractivity contribution >= 4 is 29.1 Å². The molecule has 0 atom stereocenters. The minimum atomic E-state index is -0.752. The van der Waals surface area contributed by atoms with E-state index in [0.717, 1.165) is 0 Å². The number of halogens is 2. The van der Waals surface area contributed by atoms with Crippen LogP contribution in [0, 0.1) is 17.1 Å². The second kappa shape index (κ2) is 6.91. The molecule has 1 saturated heterocycles. The molecule has 0 saturated carbocycles. The highest BCUT2D eigenvalue weighted by Crippen LogP contribution is 2.25. The molecule has 1 fully saturated rings. The summed E-state index contributed by atoms with van der Waals surface area (Å²) < 4.78 is 13.9. The summed E-state index contributed by atoms with van der Waals surface area (Å²) >= 11 is 5.99. The number of carbonyl (C=O) groups excluding carboxylic acids is 2. The van der Waals surface area contributed by atoms with Gasteiger partial charge in [-0.25, -0.2) is 4.39 Å². The van der Waals surface area contributed by atoms with Crippen LogP contribution in [0.1, 0.15) is 11.1 Å². The molecule has 2 amide bonds. The Hall–Kier alpha value is -2.91. The van der Waals surface area contributed by atoms with E-state index >= 15 is 0 Å². The number of anilines is 1. The van der Waals surface area contributed by atoms with Crippen molar-refractivity contribution < 1.29 is 14.0 Å². The quantitative estimate of drug-likeness (QED) is 0.793. The van der Waals surface area contributed by atoms with Crippen LogP contribution >= 0.6 is 11.6 Å². The fraction of sp³-hybridized carbons (Fsp3) is 0.167. The van der Waals surface area contributed by atoms with Gasteiger partial charge in [0.1, 0.15) is 11.9 Å². The topological polar surface area (TPSA) is 64.4 Å². The van der Waals surface area contributed by atoms with Gasteiger partial charge in [0.2, 0.25) is 0 Å². The predicted molar refractivity (Wildman–Crippen MR) is 90.3 cm³/mol. The van der Waals surface area contributed by atoms with E-state index in [1.165, 1.54) is 28.0 Å². The fourth-order valence-electron chi connectivity index (χ4n) is 2.73. The third-order valence-corrected chi connectivity index (χ3v) is 4.39. The smallest absolute Gasteiger partial charge is 0.316 e. The van der Waals surface area contributed by atoms with E-state index < -0.39 is 17.6 Å². The Balaban J connectivity index is 1.83. The van der Waals surface area contributed by atoms with Crippen LogP contribution in [-0.2, 0) is 16.1 Å². The third kappa shape index (κ3) is 3.19. The second-order valence-corrected chi connectivity index (χ2v) is 5.92. The number of hydrogen-bond acceptors (Lipinski definition) is 3. The van der Waals surface area contributed by atoms with Crippen molar-refractivity contribution in [2.24, 2.45) is 0 Å². The van der Waals surface area contributed by atoms with E-state index in [-0.39, 0.29) is 30.2 Å². The molecule has 7 heteroatoms. The first-order valence-electron chi connectivity index (χ1n) is 7.55. The summed E-state index contributed by atoms with van der Waals surface area (Å²) in [6, 6.07) is 12.9. The maximum atomic E-state index is 13.9. The Morgan fingerprint density at radius 2 is 1.84 bits per heavy atom. The molecule has 0 unspecified atom stereocenters. The minimum Gasteiger partial charge on any atom is -0.328 e. The molecule has 3 rings (SSSR count). The van der Waals surface area contributed by atoms with Gasteiger partial charge in [-0.1, -0.05) is 29.8 Å². The van der Waals surface area contributed by atoms with Crippen LogP contribution in [0.25, 0.3) is 0 Å². The molecule has 0 aliphatic carbocycles. The highest BCUT2D eigenvalue weighted by molar-refractivity contribution is 6.41. The van der Waals surface area contributed by atoms with E-state index in [2.05, 4.69) is 0 Å². The summed E-state index contributed by atoms with van der Waals surface area (Å²) in [5.41, 5.74) is 0.886. The average Bonchev–Trinajstić information content (AvgIpc) is 2.62. The van der Waals surface area contributed by atoms with Crippen molar-refractivity contribution in [3.63, 3.8) is 0 Å². The number of carbonyl (C=O) groups is 2. The summed E-state index contributed by atoms with van der Waals surface area (Å²) in [6.45, 7) is 0.355. The van der Waals surface area contributed by atoms with Gasteiger partial charge in [0.25, 0.3) is 0 Å². The van der Waals surface area contributed by atoms with Gasteiger partial charge in [0, 0.05) is 23.7 Å². The Morgan fingerprint density at radius 3 is 2.56 bits per heavy atom. The fourth-order valence-corrected chi connectivity index (χ4v) is 2.96. The van der Waals surface area contributed by atoms with Gasteiger partial charge in [-0.3, -0.25) is 9.59 Å². The molecule has 25 heavy (non-hydrogen) atoms. The van der Waals surface area contributed by atoms with Crippen molar-refractivity contribution in [3.05, 3.63) is 64.4 Å². The van der Waals surface area contributed by atoms with Crippen molar-refractivity contribution in [1.29, 1.82) is 5.26 Å². The molecule has 1 heterocycles. The Bertz CT molecular complexity index is 874. The Labute approximate surface area is 148 Å². The maximum Gasteiger partial charge on any atom is 0.316 e. The van der Waals surface area contributed by atoms with Gasteiger partial charge in [0.05, 0.1) is 17.8 Å². The van der Waals surface area contributed by atoms with Gasteiger partial charge in [-0.2, -0.15) is 5.26 Å². The zero-order valence-electron chi connectivity index (χ0n) is 13.1. The zero-order valence-corrected chi connectivity index (χ0v) is 13.8. The molecule has 0 radical (unpaired) electrons. The Morgan fingerprint density at radius 1 is 1.08 bits per heavy atom. The normalized spacial score (nSPS) is 14.6. The molecule has 0 bridgehead atoms. The van der Waals surface area contributed by atoms with Crippen LogP contribution in [0.3, 0.4) is 0 Å². The standard InChI is InChI=1S/C18H13ClFN3O2/c19-14-5-3-6-15(20)13(14)11-22-8-9-23(18(25)17(22)24)16-7-2-1-4-12(16)10-21/h1-7H,8-9,11H2. The van der Waals surface area contributed by atoms with Crippen LogP contribution < -0.4 is 4.90 Å².